The molecule has 22 N–H and O–H groups in total. The molecule has 20 amide bonds. The molecule has 1 heterocycles. The molecule has 1 fully saturated rings. The average molecular weight is 1720 g/mol. The minimum Gasteiger partial charge on any atom is -0.394 e. The Kier molecular flexibility index (Phi) is 41.1. The van der Waals surface area contributed by atoms with E-state index in [2.05, 4.69) is 90.4 Å². The quantitative estimate of drug-likeness (QED) is 0.0281. The van der Waals surface area contributed by atoms with Crippen molar-refractivity contribution in [2.24, 2.45) is 35.1 Å². The van der Waals surface area contributed by atoms with Crippen LogP contribution < -0.4 is 102 Å². The molecule has 0 bridgehead atoms. The Morgan fingerprint density at radius 1 is 0.397 bits per heavy atom. The number of hydrogen-bond donors (Lipinski definition) is 20. The maximum atomic E-state index is 14.5. The molecule has 9 atom stereocenters. The molecule has 41 heteroatoms. The van der Waals surface area contributed by atoms with Gasteiger partial charge in [-0.25, -0.2) is 0 Å². The van der Waals surface area contributed by atoms with Gasteiger partial charge in [-0.15, -0.1) is 0 Å². The maximum Gasteiger partial charge on any atom is 0.248 e. The molecule has 0 spiro atoms. The predicted octanol–water partition coefficient (Wildman–Crippen LogP) is -3.49. The van der Waals surface area contributed by atoms with Crippen LogP contribution in [0.2, 0.25) is 0 Å². The Hall–Kier alpha value is -10.6. The van der Waals surface area contributed by atoms with E-state index in [1.54, 1.807) is 48.5 Å². The molecule has 0 aromatic heterocycles. The third-order valence-electron chi connectivity index (χ3n) is 19.9. The highest BCUT2D eigenvalue weighted by atomic mass is 16.3. The van der Waals surface area contributed by atoms with Crippen molar-refractivity contribution in [2.45, 2.75) is 337 Å². The summed E-state index contributed by atoms with van der Waals surface area (Å²) in [5, 5.41) is 53.3. The van der Waals surface area contributed by atoms with Gasteiger partial charge in [0.15, 0.2) is 0 Å². The van der Waals surface area contributed by atoms with E-state index in [1.807, 2.05) is 13.8 Å². The molecule has 0 saturated carbocycles. The molecular weight excluding hydrogens is 1580 g/mol. The second kappa shape index (κ2) is 45.8. The molecule has 1 aliphatic rings. The molecular formula is C80H140N20O21. The number of rotatable bonds is 49. The first-order valence-corrected chi connectivity index (χ1v) is 40.9. The van der Waals surface area contributed by atoms with Crippen LogP contribution in [0.5, 0.6) is 0 Å². The fourth-order valence-electron chi connectivity index (χ4n) is 12.4. The Balaban J connectivity index is 3.20. The summed E-state index contributed by atoms with van der Waals surface area (Å²) < 4.78 is 0. The minimum absolute atomic E-state index is 0.0409. The van der Waals surface area contributed by atoms with Gasteiger partial charge in [-0.1, -0.05) is 62.3 Å². The van der Waals surface area contributed by atoms with Gasteiger partial charge < -0.3 is 112 Å². The smallest absolute Gasteiger partial charge is 0.248 e. The Morgan fingerprint density at radius 3 is 1.21 bits per heavy atom. The number of nitrogens with zero attached hydrogens (tertiary/aromatic N) is 1. The van der Waals surface area contributed by atoms with Gasteiger partial charge in [-0.3, -0.25) is 95.9 Å². The van der Waals surface area contributed by atoms with E-state index in [0.717, 1.165) is 0 Å². The molecule has 1 saturated heterocycles. The summed E-state index contributed by atoms with van der Waals surface area (Å²) in [6.45, 7) is 36.7. The van der Waals surface area contributed by atoms with Crippen LogP contribution in [-0.2, 0) is 95.9 Å². The lowest BCUT2D eigenvalue weighted by molar-refractivity contribution is -0.146. The largest absolute Gasteiger partial charge is 0.394 e. The van der Waals surface area contributed by atoms with E-state index in [9.17, 15) is 101 Å². The summed E-state index contributed by atoms with van der Waals surface area (Å²) in [6.07, 6.45) is -0.380. The van der Waals surface area contributed by atoms with Crippen molar-refractivity contribution in [1.82, 2.24) is 95.3 Å². The standard InChI is InChI=1S/C80H140N20O21/c1-27-80(26,71(120)99-79(24,25)72(121)100-34-28-29-52(100)63(112)88-51(37-43(6)7)62(111)96-78(22,23)70(119)98-77(20,21)68(117)89-48(30-32-53(81)103)59(108)86-47(40-101)35-41(2)3)93-56(106)39-84-66(115)74(14,15)97-64(113)57(44(8)9)91-69(118)76(18,19)94-60(109)49(31-33-54(82)104)90-67(116)75(16,17)95-61(110)50(36-42(4)5)87-58(107)45(10)85-55(105)38-83-65(114)73(12,13)92-46(11)102/h41-45,47-52,57,101H,27-40H2,1-26H3,(H2,81,103)(H2,82,104)(H,83,114)(H,84,115)(H,85,105)(H,86,108)(H,87,107)(H,88,112)(H,89,117)(H,90,116)(H,91,118)(H,92,102)(H,93,106)(H,94,109)(H,95,110)(H,96,111)(H,97,113)(H,98,119)(H,99,120). The second-order valence-corrected chi connectivity index (χ2v) is 36.6. The predicted molar refractivity (Wildman–Crippen MR) is 445 cm³/mol. The van der Waals surface area contributed by atoms with Gasteiger partial charge in [0.1, 0.15) is 86.6 Å². The van der Waals surface area contributed by atoms with Gasteiger partial charge in [-0.2, -0.15) is 0 Å². The van der Waals surface area contributed by atoms with Gasteiger partial charge in [0.2, 0.25) is 118 Å². The van der Waals surface area contributed by atoms with Gasteiger partial charge in [0, 0.05) is 26.3 Å². The highest BCUT2D eigenvalue weighted by molar-refractivity contribution is 6.04. The fraction of sp³-hybridized carbons (Fsp3) is 0.750. The van der Waals surface area contributed by atoms with Gasteiger partial charge in [0.25, 0.3) is 0 Å². The highest BCUT2D eigenvalue weighted by Gasteiger charge is 2.48. The number of amides is 20. The first kappa shape index (κ1) is 108. The number of nitrogens with two attached hydrogens (primary N) is 2. The Labute approximate surface area is 709 Å². The van der Waals surface area contributed by atoms with Crippen molar-refractivity contribution in [3.8, 4) is 0 Å². The number of aliphatic hydroxyl groups is 1. The van der Waals surface area contributed by atoms with Crippen LogP contribution in [0.1, 0.15) is 244 Å². The molecule has 0 aromatic rings. The normalized spacial score (nSPS) is 15.6. The maximum absolute atomic E-state index is 14.5. The zero-order chi connectivity index (χ0) is 94.0. The fourth-order valence-corrected chi connectivity index (χ4v) is 12.4. The van der Waals surface area contributed by atoms with Crippen molar-refractivity contribution >= 4 is 118 Å². The molecule has 686 valence electrons. The van der Waals surface area contributed by atoms with Crippen LogP contribution in [-0.4, -0.2) is 247 Å². The summed E-state index contributed by atoms with van der Waals surface area (Å²) in [5.41, 5.74) is -3.06. The first-order valence-electron chi connectivity index (χ1n) is 40.9. The number of aliphatic hydroxyl groups excluding tert-OH is 1. The van der Waals surface area contributed by atoms with Crippen LogP contribution in [0.15, 0.2) is 0 Å². The lowest BCUT2D eigenvalue weighted by Gasteiger charge is -2.37. The summed E-state index contributed by atoms with van der Waals surface area (Å²) in [6, 6.07) is -9.87. The van der Waals surface area contributed by atoms with Crippen molar-refractivity contribution in [2.75, 3.05) is 26.2 Å². The first-order chi connectivity index (χ1) is 55.1. The van der Waals surface area contributed by atoms with Crippen LogP contribution in [0.3, 0.4) is 0 Å². The number of nitrogens with one attached hydrogen (secondary N) is 17. The summed E-state index contributed by atoms with van der Waals surface area (Å²) in [5.74, 6) is -17.2. The highest BCUT2D eigenvalue weighted by Crippen LogP contribution is 2.25. The molecule has 0 radical (unpaired) electrons. The van der Waals surface area contributed by atoms with E-state index in [4.69, 9.17) is 11.5 Å². The van der Waals surface area contributed by atoms with Crippen LogP contribution in [0, 0.1) is 23.7 Å². The number of hydrogen-bond acceptors (Lipinski definition) is 21. The average Bonchev–Trinajstić information content (AvgIpc) is 1.76. The third-order valence-corrected chi connectivity index (χ3v) is 19.9. The van der Waals surface area contributed by atoms with E-state index in [1.165, 1.54) is 123 Å². The van der Waals surface area contributed by atoms with Crippen molar-refractivity contribution in [3.63, 3.8) is 0 Å². The van der Waals surface area contributed by atoms with E-state index < -0.39 is 249 Å². The molecule has 1 aliphatic heterocycles. The van der Waals surface area contributed by atoms with E-state index in [0.29, 0.717) is 12.8 Å². The van der Waals surface area contributed by atoms with Gasteiger partial charge in [0.05, 0.1) is 25.7 Å². The van der Waals surface area contributed by atoms with Crippen LogP contribution >= 0.6 is 0 Å². The Bertz CT molecular complexity index is 3790. The van der Waals surface area contributed by atoms with Crippen molar-refractivity contribution in [3.05, 3.63) is 0 Å². The van der Waals surface area contributed by atoms with Gasteiger partial charge >= 0.3 is 0 Å². The number of carbonyl (C=O) groups excluding carboxylic acids is 20. The summed E-state index contributed by atoms with van der Waals surface area (Å²) in [4.78, 5) is 271. The van der Waals surface area contributed by atoms with Crippen LogP contribution in [0.4, 0.5) is 0 Å². The molecule has 121 heavy (non-hydrogen) atoms. The number of carbonyl (C=O) groups is 20. The van der Waals surface area contributed by atoms with Gasteiger partial charge in [-0.05, 0) is 186 Å². The molecule has 1 rings (SSSR count). The number of primary amides is 2. The van der Waals surface area contributed by atoms with E-state index in [-0.39, 0.29) is 62.8 Å². The van der Waals surface area contributed by atoms with Crippen LogP contribution in [0.25, 0.3) is 0 Å². The number of likely N-dealkylation sites (tertiary alicyclic amines) is 1. The minimum atomic E-state index is -1.89. The molecule has 41 nitrogen and oxygen atoms in total. The van der Waals surface area contributed by atoms with Crippen molar-refractivity contribution in [1.29, 1.82) is 0 Å². The lowest BCUT2D eigenvalue weighted by atomic mass is 9.94. The zero-order valence-corrected chi connectivity index (χ0v) is 75.5. The Morgan fingerprint density at radius 2 is 0.785 bits per heavy atom. The van der Waals surface area contributed by atoms with Crippen molar-refractivity contribution < 1.29 is 101 Å². The zero-order valence-electron chi connectivity index (χ0n) is 75.5. The topological polar surface area (TPSA) is 621 Å². The molecule has 0 aromatic carbocycles. The third kappa shape index (κ3) is 35.5. The monoisotopic (exact) mass is 1720 g/mol. The second-order valence-electron chi connectivity index (χ2n) is 36.6. The SMILES string of the molecule is CCC(C)(NC(=O)CNC(=O)C(C)(C)NC(=O)C(NC(=O)C(C)(C)NC(=O)C(CCC(N)=O)NC(=O)C(C)(C)NC(=O)C(CC(C)C)NC(=O)C(C)NC(=O)CNC(=O)C(C)(C)NC(C)=O)C(C)C)C(=O)NC(C)(C)C(=O)N1CCCC1C(=O)NC(CC(C)C)C(=O)NC(C)(C)C(=O)NC(C)(C)C(=O)NC(CCC(N)=O)C(=O)NC(CO)CC(C)C. The summed E-state index contributed by atoms with van der Waals surface area (Å²) in [7, 11) is 0. The molecule has 9 unspecified atom stereocenters. The van der Waals surface area contributed by atoms with E-state index >= 15 is 0 Å². The molecule has 0 aliphatic carbocycles. The summed E-state index contributed by atoms with van der Waals surface area (Å²) >= 11 is 0. The lowest BCUT2D eigenvalue weighted by Crippen LogP contribution is -2.66.